The Morgan fingerprint density at radius 2 is 2.00 bits per heavy atom. The molecule has 2 aromatic carbocycles. The quantitative estimate of drug-likeness (QED) is 0.560. The lowest BCUT2D eigenvalue weighted by Gasteiger charge is -2.26. The molecule has 0 bridgehead atoms. The number of ether oxygens (including phenoxy) is 2. The predicted molar refractivity (Wildman–Crippen MR) is 116 cm³/mol. The molecule has 152 valence electrons. The molecule has 1 aliphatic heterocycles. The molecule has 1 N–H and O–H groups in total. The number of hydrogen-bond donors (Lipinski definition) is 1. The van der Waals surface area contributed by atoms with Crippen molar-refractivity contribution in [3.63, 3.8) is 0 Å². The van der Waals surface area contributed by atoms with Crippen LogP contribution in [0.2, 0.25) is 0 Å². The van der Waals surface area contributed by atoms with E-state index in [0.29, 0.717) is 6.61 Å². The van der Waals surface area contributed by atoms with Gasteiger partial charge in [-0.05, 0) is 47.9 Å². The molecule has 0 unspecified atom stereocenters. The number of aromatic amines is 1. The van der Waals surface area contributed by atoms with E-state index in [2.05, 4.69) is 28.4 Å². The van der Waals surface area contributed by atoms with E-state index in [1.54, 1.807) is 7.11 Å². The Morgan fingerprint density at radius 3 is 2.77 bits per heavy atom. The molecule has 1 aliphatic rings. The fourth-order valence-electron chi connectivity index (χ4n) is 3.91. The van der Waals surface area contributed by atoms with Crippen molar-refractivity contribution >= 4 is 16.7 Å². The van der Waals surface area contributed by atoms with Gasteiger partial charge >= 0.3 is 0 Å². The normalized spacial score (nSPS) is 15.5. The van der Waals surface area contributed by atoms with Gasteiger partial charge in [-0.15, -0.1) is 0 Å². The van der Waals surface area contributed by atoms with Crippen molar-refractivity contribution in [2.24, 2.45) is 0 Å². The molecule has 0 radical (unpaired) electrons. The summed E-state index contributed by atoms with van der Waals surface area (Å²) in [6.07, 6.45) is 4.52. The molecule has 0 fully saturated rings. The van der Waals surface area contributed by atoms with Crippen LogP contribution in [0.15, 0.2) is 48.8 Å². The highest BCUT2D eigenvalue weighted by Gasteiger charge is 2.25. The molecule has 2 aromatic heterocycles. The highest BCUT2D eigenvalue weighted by atomic mass is 16.5. The van der Waals surface area contributed by atoms with Crippen LogP contribution < -0.4 is 14.4 Å². The summed E-state index contributed by atoms with van der Waals surface area (Å²) in [6.45, 7) is 0.560. The third kappa shape index (κ3) is 3.22. The van der Waals surface area contributed by atoms with Crippen molar-refractivity contribution in [2.75, 3.05) is 32.7 Å². The maximum atomic E-state index is 6.01. The molecule has 3 heterocycles. The van der Waals surface area contributed by atoms with Crippen LogP contribution in [0.3, 0.4) is 0 Å². The second-order valence-corrected chi connectivity index (χ2v) is 7.70. The van der Waals surface area contributed by atoms with Gasteiger partial charge in [-0.1, -0.05) is 6.07 Å². The standard InChI is InChI=1S/C23H23N5O2/c1-28(2)23-19-10-14(17-11-24-25-12-17)4-6-20(19)26-22(27-23)16-8-15-9-18(29-3)5-7-21(15)30-13-16/h4-7,9-12,16H,8,13H2,1-3H3,(H,24,25)/t16-/m1/s1. The van der Waals surface area contributed by atoms with Crippen molar-refractivity contribution in [3.05, 3.63) is 60.2 Å². The highest BCUT2D eigenvalue weighted by Crippen LogP contribution is 2.35. The molecular weight excluding hydrogens is 378 g/mol. The van der Waals surface area contributed by atoms with Crippen LogP contribution in [0.25, 0.3) is 22.0 Å². The number of nitrogens with zero attached hydrogens (tertiary/aromatic N) is 4. The molecule has 0 aliphatic carbocycles. The van der Waals surface area contributed by atoms with Gasteiger partial charge in [0.15, 0.2) is 0 Å². The molecule has 30 heavy (non-hydrogen) atoms. The summed E-state index contributed by atoms with van der Waals surface area (Å²) in [5.41, 5.74) is 4.16. The maximum Gasteiger partial charge on any atom is 0.139 e. The Balaban J connectivity index is 1.56. The molecule has 1 atom stereocenters. The van der Waals surface area contributed by atoms with Gasteiger partial charge < -0.3 is 14.4 Å². The topological polar surface area (TPSA) is 76.2 Å². The zero-order valence-electron chi connectivity index (χ0n) is 17.2. The average molecular weight is 401 g/mol. The first-order valence-electron chi connectivity index (χ1n) is 9.90. The van der Waals surface area contributed by atoms with Crippen molar-refractivity contribution in [3.8, 4) is 22.6 Å². The number of anilines is 1. The zero-order valence-corrected chi connectivity index (χ0v) is 17.2. The first kappa shape index (κ1) is 18.4. The Hall–Kier alpha value is -3.61. The Bertz CT molecular complexity index is 1200. The summed E-state index contributed by atoms with van der Waals surface area (Å²) in [7, 11) is 5.69. The maximum absolute atomic E-state index is 6.01. The third-order valence-corrected chi connectivity index (χ3v) is 5.49. The van der Waals surface area contributed by atoms with E-state index in [-0.39, 0.29) is 5.92 Å². The first-order valence-corrected chi connectivity index (χ1v) is 9.90. The minimum Gasteiger partial charge on any atom is -0.497 e. The summed E-state index contributed by atoms with van der Waals surface area (Å²) in [5, 5.41) is 7.94. The van der Waals surface area contributed by atoms with Crippen LogP contribution >= 0.6 is 0 Å². The van der Waals surface area contributed by atoms with E-state index in [1.807, 2.05) is 49.6 Å². The summed E-state index contributed by atoms with van der Waals surface area (Å²) >= 11 is 0. The summed E-state index contributed by atoms with van der Waals surface area (Å²) < 4.78 is 11.4. The third-order valence-electron chi connectivity index (χ3n) is 5.49. The molecule has 7 heteroatoms. The fraction of sp³-hybridized carbons (Fsp3) is 0.261. The SMILES string of the molecule is COc1ccc2c(c1)C[C@@H](c1nc(N(C)C)c3cc(-c4cn[nH]c4)ccc3n1)CO2. The number of nitrogens with one attached hydrogen (secondary N) is 1. The molecule has 0 saturated heterocycles. The van der Waals surface area contributed by atoms with Crippen LogP contribution in [0, 0.1) is 0 Å². The molecule has 5 rings (SSSR count). The minimum atomic E-state index is 0.0845. The molecule has 0 amide bonds. The van der Waals surface area contributed by atoms with Crippen LogP contribution in [0.5, 0.6) is 11.5 Å². The van der Waals surface area contributed by atoms with E-state index in [9.17, 15) is 0 Å². The first-order chi connectivity index (χ1) is 14.6. The van der Waals surface area contributed by atoms with Gasteiger partial charge in [0, 0.05) is 31.2 Å². The molecular formula is C23H23N5O2. The summed E-state index contributed by atoms with van der Waals surface area (Å²) in [6, 6.07) is 12.2. The second kappa shape index (κ2) is 7.33. The lowest BCUT2D eigenvalue weighted by molar-refractivity contribution is 0.257. The van der Waals surface area contributed by atoms with Gasteiger partial charge in [-0.2, -0.15) is 5.10 Å². The van der Waals surface area contributed by atoms with Crippen molar-refractivity contribution in [2.45, 2.75) is 12.3 Å². The Kier molecular flexibility index (Phi) is 4.50. The van der Waals surface area contributed by atoms with Crippen molar-refractivity contribution in [1.29, 1.82) is 0 Å². The van der Waals surface area contributed by atoms with Crippen molar-refractivity contribution < 1.29 is 9.47 Å². The van der Waals surface area contributed by atoms with E-state index < -0.39 is 0 Å². The lowest BCUT2D eigenvalue weighted by Crippen LogP contribution is -2.22. The lowest BCUT2D eigenvalue weighted by atomic mass is 9.95. The number of methoxy groups -OCH3 is 1. The van der Waals surface area contributed by atoms with E-state index in [0.717, 1.165) is 57.2 Å². The molecule has 4 aromatic rings. The summed E-state index contributed by atoms with van der Waals surface area (Å²) in [5.74, 6) is 3.53. The van der Waals surface area contributed by atoms with Crippen LogP contribution in [-0.2, 0) is 6.42 Å². The van der Waals surface area contributed by atoms with Crippen LogP contribution in [0.1, 0.15) is 17.3 Å². The van der Waals surface area contributed by atoms with Gasteiger partial charge in [0.1, 0.15) is 23.1 Å². The Labute approximate surface area is 174 Å². The van der Waals surface area contributed by atoms with Gasteiger partial charge in [-0.25, -0.2) is 9.97 Å². The number of H-pyrrole nitrogens is 1. The van der Waals surface area contributed by atoms with Crippen LogP contribution in [-0.4, -0.2) is 48.0 Å². The van der Waals surface area contributed by atoms with E-state index in [4.69, 9.17) is 19.4 Å². The van der Waals surface area contributed by atoms with Crippen molar-refractivity contribution in [1.82, 2.24) is 20.2 Å². The number of fused-ring (bicyclic) bond motifs is 2. The molecule has 0 saturated carbocycles. The number of hydrogen-bond acceptors (Lipinski definition) is 6. The highest BCUT2D eigenvalue weighted by molar-refractivity contribution is 5.93. The van der Waals surface area contributed by atoms with E-state index in [1.165, 1.54) is 0 Å². The fourth-order valence-corrected chi connectivity index (χ4v) is 3.91. The number of rotatable bonds is 4. The number of benzene rings is 2. The smallest absolute Gasteiger partial charge is 0.139 e. The number of aromatic nitrogens is 4. The monoisotopic (exact) mass is 401 g/mol. The molecule has 7 nitrogen and oxygen atoms in total. The largest absolute Gasteiger partial charge is 0.497 e. The summed E-state index contributed by atoms with van der Waals surface area (Å²) in [4.78, 5) is 11.9. The average Bonchev–Trinajstić information content (AvgIpc) is 3.32. The van der Waals surface area contributed by atoms with Crippen LogP contribution in [0.4, 0.5) is 5.82 Å². The van der Waals surface area contributed by atoms with E-state index >= 15 is 0 Å². The van der Waals surface area contributed by atoms with Gasteiger partial charge in [0.25, 0.3) is 0 Å². The zero-order chi connectivity index (χ0) is 20.7. The Morgan fingerprint density at radius 1 is 1.10 bits per heavy atom. The molecule has 0 spiro atoms. The minimum absolute atomic E-state index is 0.0845. The predicted octanol–water partition coefficient (Wildman–Crippen LogP) is 3.81. The second-order valence-electron chi connectivity index (χ2n) is 7.70. The van der Waals surface area contributed by atoms with Gasteiger partial charge in [-0.3, -0.25) is 5.10 Å². The van der Waals surface area contributed by atoms with Gasteiger partial charge in [0.2, 0.25) is 0 Å². The van der Waals surface area contributed by atoms with Gasteiger partial charge in [0.05, 0.1) is 31.3 Å².